The first-order chi connectivity index (χ1) is 8.30. The van der Waals surface area contributed by atoms with Crippen LogP contribution in [0.3, 0.4) is 0 Å². The van der Waals surface area contributed by atoms with E-state index in [1.54, 1.807) is 13.8 Å². The van der Waals surface area contributed by atoms with Crippen molar-refractivity contribution in [3.05, 3.63) is 24.3 Å². The standard InChI is InChI=1S/C15H25NO2/c1-11(2)10-18-14-9-7-6-8-13(14)16-12(3)15(4,5)17/h6-9,11-12,16-17H,10H2,1-5H3. The van der Waals surface area contributed by atoms with Gasteiger partial charge < -0.3 is 15.2 Å². The molecule has 0 fully saturated rings. The summed E-state index contributed by atoms with van der Waals surface area (Å²) in [6.45, 7) is 10.5. The molecule has 1 aromatic rings. The summed E-state index contributed by atoms with van der Waals surface area (Å²) in [6.07, 6.45) is 0. The molecule has 0 aromatic heterocycles. The molecule has 1 rings (SSSR count). The molecule has 0 radical (unpaired) electrons. The highest BCUT2D eigenvalue weighted by Crippen LogP contribution is 2.26. The first-order valence-electron chi connectivity index (χ1n) is 6.51. The Morgan fingerprint density at radius 2 is 1.83 bits per heavy atom. The Morgan fingerprint density at radius 1 is 1.22 bits per heavy atom. The normalized spacial score (nSPS) is 13.5. The first kappa shape index (κ1) is 14.8. The second kappa shape index (κ2) is 6.10. The van der Waals surface area contributed by atoms with E-state index in [1.807, 2.05) is 31.2 Å². The van der Waals surface area contributed by atoms with Gasteiger partial charge in [-0.2, -0.15) is 0 Å². The highest BCUT2D eigenvalue weighted by Gasteiger charge is 2.22. The molecule has 3 heteroatoms. The van der Waals surface area contributed by atoms with E-state index < -0.39 is 5.60 Å². The van der Waals surface area contributed by atoms with Crippen LogP contribution in [0.15, 0.2) is 24.3 Å². The smallest absolute Gasteiger partial charge is 0.142 e. The summed E-state index contributed by atoms with van der Waals surface area (Å²) < 4.78 is 5.77. The van der Waals surface area contributed by atoms with Crippen molar-refractivity contribution >= 4 is 5.69 Å². The van der Waals surface area contributed by atoms with Crippen LogP contribution in [-0.2, 0) is 0 Å². The number of benzene rings is 1. The maximum atomic E-state index is 9.95. The van der Waals surface area contributed by atoms with E-state index >= 15 is 0 Å². The molecular weight excluding hydrogens is 226 g/mol. The van der Waals surface area contributed by atoms with Crippen molar-refractivity contribution in [1.29, 1.82) is 0 Å². The lowest BCUT2D eigenvalue weighted by molar-refractivity contribution is 0.0648. The largest absolute Gasteiger partial charge is 0.491 e. The Morgan fingerprint density at radius 3 is 2.39 bits per heavy atom. The van der Waals surface area contributed by atoms with Crippen molar-refractivity contribution in [2.24, 2.45) is 5.92 Å². The lowest BCUT2D eigenvalue weighted by Crippen LogP contribution is -2.39. The zero-order chi connectivity index (χ0) is 13.8. The number of rotatable bonds is 6. The van der Waals surface area contributed by atoms with E-state index in [9.17, 15) is 5.11 Å². The average molecular weight is 251 g/mol. The first-order valence-corrected chi connectivity index (χ1v) is 6.51. The van der Waals surface area contributed by atoms with Gasteiger partial charge in [0.05, 0.1) is 23.9 Å². The van der Waals surface area contributed by atoms with Crippen molar-refractivity contribution in [2.45, 2.75) is 46.3 Å². The number of para-hydroxylation sites is 2. The van der Waals surface area contributed by atoms with Crippen LogP contribution in [-0.4, -0.2) is 23.4 Å². The molecule has 18 heavy (non-hydrogen) atoms. The van der Waals surface area contributed by atoms with Crippen molar-refractivity contribution in [3.8, 4) is 5.75 Å². The van der Waals surface area contributed by atoms with Crippen LogP contribution >= 0.6 is 0 Å². The van der Waals surface area contributed by atoms with E-state index in [2.05, 4.69) is 19.2 Å². The number of nitrogens with one attached hydrogen (secondary N) is 1. The summed E-state index contributed by atoms with van der Waals surface area (Å²) >= 11 is 0. The lowest BCUT2D eigenvalue weighted by atomic mass is 10.0. The van der Waals surface area contributed by atoms with Gasteiger partial charge in [0.1, 0.15) is 5.75 Å². The number of aliphatic hydroxyl groups is 1. The molecule has 1 unspecified atom stereocenters. The summed E-state index contributed by atoms with van der Waals surface area (Å²) in [6, 6.07) is 7.78. The van der Waals surface area contributed by atoms with Crippen molar-refractivity contribution in [3.63, 3.8) is 0 Å². The third kappa shape index (κ3) is 4.57. The van der Waals surface area contributed by atoms with Gasteiger partial charge in [0.25, 0.3) is 0 Å². The Bertz CT molecular complexity index is 369. The molecule has 2 N–H and O–H groups in total. The fraction of sp³-hybridized carbons (Fsp3) is 0.600. The van der Waals surface area contributed by atoms with Gasteiger partial charge in [0, 0.05) is 0 Å². The van der Waals surface area contributed by atoms with E-state index in [1.165, 1.54) is 0 Å². The Labute approximate surface area is 110 Å². The van der Waals surface area contributed by atoms with Crippen molar-refractivity contribution in [1.82, 2.24) is 0 Å². The van der Waals surface area contributed by atoms with Gasteiger partial charge in [-0.3, -0.25) is 0 Å². The van der Waals surface area contributed by atoms with Crippen LogP contribution in [0.4, 0.5) is 5.69 Å². The zero-order valence-electron chi connectivity index (χ0n) is 12.0. The van der Waals surface area contributed by atoms with Gasteiger partial charge in [-0.15, -0.1) is 0 Å². The van der Waals surface area contributed by atoms with Crippen LogP contribution in [0.5, 0.6) is 5.75 Å². The summed E-state index contributed by atoms with van der Waals surface area (Å²) in [5.41, 5.74) is 0.151. The Hall–Kier alpha value is -1.22. The van der Waals surface area contributed by atoms with Gasteiger partial charge in [-0.1, -0.05) is 26.0 Å². The summed E-state index contributed by atoms with van der Waals surface area (Å²) in [5.74, 6) is 1.33. The number of ether oxygens (including phenoxy) is 1. The topological polar surface area (TPSA) is 41.5 Å². The fourth-order valence-corrected chi connectivity index (χ4v) is 1.38. The molecular formula is C15H25NO2. The molecule has 0 bridgehead atoms. The highest BCUT2D eigenvalue weighted by atomic mass is 16.5. The van der Waals surface area contributed by atoms with E-state index in [-0.39, 0.29) is 6.04 Å². The maximum absolute atomic E-state index is 9.95. The molecule has 0 amide bonds. The van der Waals surface area contributed by atoms with Gasteiger partial charge in [0.2, 0.25) is 0 Å². The van der Waals surface area contributed by atoms with Crippen LogP contribution in [0.25, 0.3) is 0 Å². The summed E-state index contributed by atoms with van der Waals surface area (Å²) in [5, 5.41) is 13.3. The second-order valence-corrected chi connectivity index (χ2v) is 5.72. The van der Waals surface area contributed by atoms with Crippen molar-refractivity contribution < 1.29 is 9.84 Å². The SMILES string of the molecule is CC(C)COc1ccccc1NC(C)C(C)(C)O. The molecule has 102 valence electrons. The Balaban J connectivity index is 2.76. The minimum Gasteiger partial charge on any atom is -0.491 e. The molecule has 3 nitrogen and oxygen atoms in total. The van der Waals surface area contributed by atoms with Gasteiger partial charge >= 0.3 is 0 Å². The molecule has 0 saturated carbocycles. The predicted molar refractivity (Wildman–Crippen MR) is 76.2 cm³/mol. The third-order valence-electron chi connectivity index (χ3n) is 2.89. The molecule has 1 aromatic carbocycles. The van der Waals surface area contributed by atoms with E-state index in [0.717, 1.165) is 11.4 Å². The van der Waals surface area contributed by atoms with Gasteiger partial charge in [-0.25, -0.2) is 0 Å². The third-order valence-corrected chi connectivity index (χ3v) is 2.89. The van der Waals surface area contributed by atoms with Crippen LogP contribution in [0.2, 0.25) is 0 Å². The average Bonchev–Trinajstić information content (AvgIpc) is 2.26. The second-order valence-electron chi connectivity index (χ2n) is 5.72. The monoisotopic (exact) mass is 251 g/mol. The van der Waals surface area contributed by atoms with Gasteiger partial charge in [-0.05, 0) is 38.8 Å². The molecule has 0 spiro atoms. The molecule has 0 aliphatic heterocycles. The molecule has 1 atom stereocenters. The summed E-state index contributed by atoms with van der Waals surface area (Å²) in [7, 11) is 0. The number of hydrogen-bond acceptors (Lipinski definition) is 3. The maximum Gasteiger partial charge on any atom is 0.142 e. The predicted octanol–water partition coefficient (Wildman–Crippen LogP) is 3.29. The van der Waals surface area contributed by atoms with E-state index in [0.29, 0.717) is 12.5 Å². The molecule has 0 aliphatic carbocycles. The Kier molecular flexibility index (Phi) is 5.03. The van der Waals surface area contributed by atoms with Crippen LogP contribution in [0.1, 0.15) is 34.6 Å². The summed E-state index contributed by atoms with van der Waals surface area (Å²) in [4.78, 5) is 0. The molecule has 0 heterocycles. The van der Waals surface area contributed by atoms with E-state index in [4.69, 9.17) is 4.74 Å². The fourth-order valence-electron chi connectivity index (χ4n) is 1.38. The van der Waals surface area contributed by atoms with Crippen LogP contribution in [0, 0.1) is 5.92 Å². The zero-order valence-corrected chi connectivity index (χ0v) is 12.0. The van der Waals surface area contributed by atoms with Crippen LogP contribution < -0.4 is 10.1 Å². The quantitative estimate of drug-likeness (QED) is 0.815. The lowest BCUT2D eigenvalue weighted by Gasteiger charge is -2.28. The minimum absolute atomic E-state index is 0.0544. The number of hydrogen-bond donors (Lipinski definition) is 2. The number of anilines is 1. The minimum atomic E-state index is -0.773. The van der Waals surface area contributed by atoms with Gasteiger partial charge in [0.15, 0.2) is 0 Å². The molecule has 0 aliphatic rings. The highest BCUT2D eigenvalue weighted by molar-refractivity contribution is 5.57. The molecule has 0 saturated heterocycles. The van der Waals surface area contributed by atoms with Crippen molar-refractivity contribution in [2.75, 3.05) is 11.9 Å².